The van der Waals surface area contributed by atoms with Crippen LogP contribution in [0.25, 0.3) is 0 Å². The van der Waals surface area contributed by atoms with Gasteiger partial charge < -0.3 is 39.4 Å². The maximum atomic E-state index is 9.96. The van der Waals surface area contributed by atoms with Crippen LogP contribution in [0, 0.1) is 5.41 Å². The van der Waals surface area contributed by atoms with Gasteiger partial charge in [-0.2, -0.15) is 0 Å². The van der Waals surface area contributed by atoms with Gasteiger partial charge in [-0.25, -0.2) is 0 Å². The molecule has 29 heavy (non-hydrogen) atoms. The molecule has 0 aromatic rings. The van der Waals surface area contributed by atoms with Crippen molar-refractivity contribution in [3.05, 3.63) is 0 Å². The molecule has 16 heteroatoms. The van der Waals surface area contributed by atoms with Gasteiger partial charge >= 0.3 is 0 Å². The highest BCUT2D eigenvalue weighted by atomic mass is 79.9. The monoisotopic (exact) mass is 935 g/mol. The van der Waals surface area contributed by atoms with Crippen molar-refractivity contribution in [3.8, 4) is 0 Å². The Labute approximate surface area is 236 Å². The van der Waals surface area contributed by atoms with Gasteiger partial charge in [-0.1, -0.05) is 127 Å². The van der Waals surface area contributed by atoms with Crippen LogP contribution in [0.3, 0.4) is 0 Å². The van der Waals surface area contributed by atoms with E-state index >= 15 is 0 Å². The highest BCUT2D eigenvalue weighted by Crippen LogP contribution is 2.28. The third-order valence-electron chi connectivity index (χ3n) is 3.10. The first kappa shape index (κ1) is 32.5. The molecule has 0 saturated carbocycles. The van der Waals surface area contributed by atoms with Crippen LogP contribution in [0.4, 0.5) is 0 Å². The molecule has 176 valence electrons. The maximum Gasteiger partial charge on any atom is 0.177 e. The first-order chi connectivity index (χ1) is 13.3. The van der Waals surface area contributed by atoms with Crippen LogP contribution in [0.5, 0.6) is 0 Å². The van der Waals surface area contributed by atoms with Crippen molar-refractivity contribution in [2.45, 2.75) is 40.1 Å². The zero-order valence-electron chi connectivity index (χ0n) is 14.4. The van der Waals surface area contributed by atoms with Crippen LogP contribution >= 0.6 is 127 Å². The average Bonchev–Trinajstić information content (AvgIpc) is 2.64. The quantitative estimate of drug-likeness (QED) is 0.137. The van der Waals surface area contributed by atoms with E-state index in [4.69, 9.17) is 18.9 Å². The lowest BCUT2D eigenvalue weighted by atomic mass is 9.92. The van der Waals surface area contributed by atoms with Gasteiger partial charge in [0, 0.05) is 0 Å². The summed E-state index contributed by atoms with van der Waals surface area (Å²) in [4.78, 5) is 0. The van der Waals surface area contributed by atoms with Crippen molar-refractivity contribution in [1.29, 1.82) is 0 Å². The minimum Gasteiger partial charge on any atom is -0.366 e. The lowest BCUT2D eigenvalue weighted by Gasteiger charge is -2.36. The summed E-state index contributed by atoms with van der Waals surface area (Å²) in [7, 11) is 0. The molecule has 8 nitrogen and oxygen atoms in total. The summed E-state index contributed by atoms with van der Waals surface area (Å²) < 4.78 is 19.6. The molecule has 0 radical (unpaired) electrons. The molecule has 0 aliphatic heterocycles. The topological polar surface area (TPSA) is 118 Å². The zero-order valence-corrected chi connectivity index (χ0v) is 27.1. The Morgan fingerprint density at radius 1 is 0.448 bits per heavy atom. The standard InChI is InChI=1S/C13H20Br8O8/c14-5(15)9(22)26-1-13(2-27-10(23)6(16)17,3-28-11(24)7(18)19)4-29-12(25)8(20)21/h5-12,22-25H,1-4H2/t9-,10-,11+,12+. The molecule has 0 amide bonds. The van der Waals surface area contributed by atoms with E-state index in [1.165, 1.54) is 0 Å². The fraction of sp³-hybridized carbons (Fsp3) is 1.00. The van der Waals surface area contributed by atoms with Crippen molar-refractivity contribution >= 4 is 127 Å². The third kappa shape index (κ3) is 14.5. The van der Waals surface area contributed by atoms with Gasteiger partial charge in [-0.3, -0.25) is 0 Å². The highest BCUT2D eigenvalue weighted by molar-refractivity contribution is 9.25. The predicted molar refractivity (Wildman–Crippen MR) is 137 cm³/mol. The Kier molecular flexibility index (Phi) is 19.1. The summed E-state index contributed by atoms with van der Waals surface area (Å²) in [6.07, 6.45) is -4.91. The molecular formula is C13H20Br8O8. The molecular weight excluding hydrogens is 923 g/mol. The van der Waals surface area contributed by atoms with Gasteiger partial charge in [-0.05, 0) is 0 Å². The summed E-state index contributed by atoms with van der Waals surface area (Å²) in [5.74, 6) is 0. The van der Waals surface area contributed by atoms with E-state index in [2.05, 4.69) is 127 Å². The smallest absolute Gasteiger partial charge is 0.177 e. The second-order valence-electron chi connectivity index (χ2n) is 5.64. The number of rotatable bonds is 16. The predicted octanol–water partition coefficient (Wildman–Crippen LogP) is 3.78. The molecule has 0 aliphatic rings. The van der Waals surface area contributed by atoms with Crippen LogP contribution in [-0.4, -0.2) is 87.0 Å². The van der Waals surface area contributed by atoms with Gasteiger partial charge in [0.25, 0.3) is 0 Å². The third-order valence-corrected chi connectivity index (χ3v) is 6.72. The Bertz CT molecular complexity index is 356. The van der Waals surface area contributed by atoms with E-state index in [0.29, 0.717) is 0 Å². The largest absolute Gasteiger partial charge is 0.366 e. The summed E-state index contributed by atoms with van der Waals surface area (Å²) in [6, 6.07) is 0. The fourth-order valence-electron chi connectivity index (χ4n) is 1.59. The van der Waals surface area contributed by atoms with E-state index < -0.39 is 45.5 Å². The molecule has 4 atom stereocenters. The Morgan fingerprint density at radius 3 is 0.759 bits per heavy atom. The molecule has 4 N–H and O–H groups in total. The molecule has 0 aromatic heterocycles. The summed E-state index contributed by atoms with van der Waals surface area (Å²) >= 11 is 25.1. The normalized spacial score (nSPS) is 17.4. The van der Waals surface area contributed by atoms with E-state index in [1.807, 2.05) is 0 Å². The number of aliphatic hydroxyl groups excluding tert-OH is 4. The van der Waals surface area contributed by atoms with Crippen LogP contribution in [-0.2, 0) is 18.9 Å². The van der Waals surface area contributed by atoms with Gasteiger partial charge in [0.1, 0.15) is 14.9 Å². The minimum atomic E-state index is -1.23. The van der Waals surface area contributed by atoms with Crippen molar-refractivity contribution in [3.63, 3.8) is 0 Å². The fourth-order valence-corrected chi connectivity index (χ4v) is 2.81. The van der Waals surface area contributed by atoms with Crippen LogP contribution in [0.15, 0.2) is 0 Å². The second kappa shape index (κ2) is 17.0. The van der Waals surface area contributed by atoms with Gasteiger partial charge in [0.15, 0.2) is 25.2 Å². The van der Waals surface area contributed by atoms with Crippen LogP contribution in [0.2, 0.25) is 0 Å². The number of ether oxygens (including phenoxy) is 4. The molecule has 0 unspecified atom stereocenters. The molecule has 0 rings (SSSR count). The first-order valence-corrected chi connectivity index (χ1v) is 14.9. The molecule has 0 saturated heterocycles. The number of alkyl halides is 8. The van der Waals surface area contributed by atoms with E-state index in [-0.39, 0.29) is 26.4 Å². The Hall–Kier alpha value is 3.52. The van der Waals surface area contributed by atoms with Gasteiger partial charge in [-0.15, -0.1) is 0 Å². The lowest BCUT2D eigenvalue weighted by Crippen LogP contribution is -2.46. The van der Waals surface area contributed by atoms with Crippen LogP contribution < -0.4 is 0 Å². The SMILES string of the molecule is O[C@H](OCC(CO[C@@H](O)C(Br)Br)(CO[C@H](O)C(Br)Br)CO[C@H](O)C(Br)Br)C(Br)Br. The molecule has 0 heterocycles. The maximum absolute atomic E-state index is 9.96. The molecule has 0 aromatic carbocycles. The van der Waals surface area contributed by atoms with Gasteiger partial charge in [0.2, 0.25) is 0 Å². The molecule has 0 bridgehead atoms. The lowest BCUT2D eigenvalue weighted by molar-refractivity contribution is -0.215. The van der Waals surface area contributed by atoms with Crippen molar-refractivity contribution in [2.75, 3.05) is 26.4 Å². The molecule has 0 spiro atoms. The van der Waals surface area contributed by atoms with Crippen LogP contribution in [0.1, 0.15) is 0 Å². The van der Waals surface area contributed by atoms with E-state index in [9.17, 15) is 20.4 Å². The average molecular weight is 944 g/mol. The first-order valence-electron chi connectivity index (χ1n) is 7.62. The van der Waals surface area contributed by atoms with Crippen molar-refractivity contribution in [2.24, 2.45) is 5.41 Å². The number of halogens is 8. The highest BCUT2D eigenvalue weighted by Gasteiger charge is 2.37. The van der Waals surface area contributed by atoms with Crippen molar-refractivity contribution in [1.82, 2.24) is 0 Å². The zero-order chi connectivity index (χ0) is 22.8. The minimum absolute atomic E-state index is 0.159. The Morgan fingerprint density at radius 2 is 0.621 bits per heavy atom. The summed E-state index contributed by atoms with van der Waals surface area (Å²) in [5.41, 5.74) is -1.13. The Balaban J connectivity index is 5.47. The van der Waals surface area contributed by atoms with E-state index in [0.717, 1.165) is 0 Å². The second-order valence-corrected chi connectivity index (χ2v) is 18.5. The summed E-state index contributed by atoms with van der Waals surface area (Å²) in [5, 5.41) is 39.8. The van der Waals surface area contributed by atoms with E-state index in [1.54, 1.807) is 0 Å². The van der Waals surface area contributed by atoms with Gasteiger partial charge in [0.05, 0.1) is 31.8 Å². The number of hydrogen-bond acceptors (Lipinski definition) is 8. The summed E-state index contributed by atoms with van der Waals surface area (Å²) in [6.45, 7) is -0.636. The number of aliphatic hydroxyl groups is 4. The number of hydrogen-bond donors (Lipinski definition) is 4. The molecule has 0 fully saturated rings. The molecule has 0 aliphatic carbocycles. The van der Waals surface area contributed by atoms with Crippen molar-refractivity contribution < 1.29 is 39.4 Å².